The average Bonchev–Trinajstić information content (AvgIpc) is 2.34. The van der Waals surface area contributed by atoms with Crippen LogP contribution in [0.2, 0.25) is 0 Å². The van der Waals surface area contributed by atoms with Crippen LogP contribution in [0.15, 0.2) is 0 Å². The minimum Gasteiger partial charge on any atom is -0.479 e. The molecule has 7 atom stereocenters. The smallest absolute Gasteiger partial charge is 0.336 e. The van der Waals surface area contributed by atoms with Crippen molar-refractivity contribution in [2.75, 3.05) is 6.61 Å². The zero-order valence-electron chi connectivity index (χ0n) is 9.13. The molecule has 9 heteroatoms. The summed E-state index contributed by atoms with van der Waals surface area (Å²) in [6, 6.07) is 0. The molecule has 18 heavy (non-hydrogen) atoms. The first kappa shape index (κ1) is 15.2. The third-order valence-corrected chi connectivity index (χ3v) is 2.77. The molecule has 1 rings (SSSR count). The molecular formula is C9H15FO8. The molecule has 106 valence electrons. The number of aliphatic hydroxyl groups is 5. The predicted octanol–water partition coefficient (Wildman–Crippen LogP) is -3.39. The molecule has 0 aromatic heterocycles. The summed E-state index contributed by atoms with van der Waals surface area (Å²) in [5.41, 5.74) is 0. The Labute approximate surface area is 101 Å². The van der Waals surface area contributed by atoms with Crippen LogP contribution in [-0.4, -0.2) is 86.0 Å². The van der Waals surface area contributed by atoms with E-state index in [9.17, 15) is 24.5 Å². The number of carboxylic acids is 1. The van der Waals surface area contributed by atoms with Gasteiger partial charge in [0.05, 0.1) is 6.61 Å². The second kappa shape index (κ2) is 5.87. The van der Waals surface area contributed by atoms with E-state index < -0.39 is 55.4 Å². The Morgan fingerprint density at radius 1 is 1.28 bits per heavy atom. The van der Waals surface area contributed by atoms with E-state index in [0.29, 0.717) is 0 Å². The van der Waals surface area contributed by atoms with Crippen LogP contribution in [0.25, 0.3) is 0 Å². The van der Waals surface area contributed by atoms with Crippen LogP contribution in [-0.2, 0) is 9.53 Å². The summed E-state index contributed by atoms with van der Waals surface area (Å²) in [5.74, 6) is -1.72. The molecule has 0 spiro atoms. The fraction of sp³-hybridized carbons (Fsp3) is 0.889. The molecule has 0 unspecified atom stereocenters. The fourth-order valence-electron chi connectivity index (χ4n) is 1.69. The maximum Gasteiger partial charge on any atom is 0.336 e. The van der Waals surface area contributed by atoms with Crippen LogP contribution >= 0.6 is 0 Å². The molecule has 6 N–H and O–H groups in total. The number of rotatable bonds is 4. The molecular weight excluding hydrogens is 255 g/mol. The van der Waals surface area contributed by atoms with E-state index in [0.717, 1.165) is 0 Å². The maximum absolute atomic E-state index is 13.4. The molecule has 0 aromatic carbocycles. The Bertz CT molecular complexity index is 296. The van der Waals surface area contributed by atoms with Crippen LogP contribution in [0, 0.1) is 0 Å². The minimum absolute atomic E-state index is 0.874. The number of aliphatic carboxylic acids is 1. The normalized spacial score (nSPS) is 40.2. The average molecular weight is 270 g/mol. The van der Waals surface area contributed by atoms with Crippen LogP contribution in [0.5, 0.6) is 0 Å². The standard InChI is InChI=1S/C9H15FO8/c10-3-5(14)6(15)8(4(13)2(12)1-11)18-7(3)9(16)17/h2-8,11-15H,1H2,(H,16,17)/t2-,3-,4-,5+,6-,7+,8+/m0/s1. The van der Waals surface area contributed by atoms with Crippen molar-refractivity contribution in [3.63, 3.8) is 0 Å². The van der Waals surface area contributed by atoms with E-state index >= 15 is 0 Å². The molecule has 0 bridgehead atoms. The largest absolute Gasteiger partial charge is 0.479 e. The SMILES string of the molecule is O=C(O)[C@@H]1O[C@H]([C@@H](O)[C@@H](O)CO)[C@@H](O)[C@H](O)[C@@H]1F. The highest BCUT2D eigenvalue weighted by Crippen LogP contribution is 2.26. The number of carboxylic acid groups (broad SMARTS) is 1. The third-order valence-electron chi connectivity index (χ3n) is 2.77. The summed E-state index contributed by atoms with van der Waals surface area (Å²) >= 11 is 0. The van der Waals surface area contributed by atoms with E-state index in [1.807, 2.05) is 0 Å². The lowest BCUT2D eigenvalue weighted by atomic mass is 9.91. The highest BCUT2D eigenvalue weighted by atomic mass is 19.1. The molecule has 0 aromatic rings. The Morgan fingerprint density at radius 2 is 1.83 bits per heavy atom. The first-order chi connectivity index (χ1) is 8.31. The second-order valence-corrected chi connectivity index (χ2v) is 4.03. The molecule has 0 aliphatic carbocycles. The summed E-state index contributed by atoms with van der Waals surface area (Å²) in [5, 5.41) is 54.7. The number of alkyl halides is 1. The molecule has 1 heterocycles. The zero-order valence-corrected chi connectivity index (χ0v) is 9.13. The number of hydrogen-bond donors (Lipinski definition) is 6. The zero-order chi connectivity index (χ0) is 14.0. The van der Waals surface area contributed by atoms with Crippen molar-refractivity contribution >= 4 is 5.97 Å². The quantitative estimate of drug-likeness (QED) is 0.310. The summed E-state index contributed by atoms with van der Waals surface area (Å²) in [7, 11) is 0. The monoisotopic (exact) mass is 270 g/mol. The molecule has 1 saturated heterocycles. The Kier molecular flexibility index (Phi) is 4.96. The van der Waals surface area contributed by atoms with Gasteiger partial charge in [-0.05, 0) is 0 Å². The molecule has 1 aliphatic heterocycles. The van der Waals surface area contributed by atoms with Crippen LogP contribution in [0.4, 0.5) is 4.39 Å². The van der Waals surface area contributed by atoms with Crippen molar-refractivity contribution in [1.82, 2.24) is 0 Å². The van der Waals surface area contributed by atoms with Crippen LogP contribution < -0.4 is 0 Å². The van der Waals surface area contributed by atoms with E-state index in [4.69, 9.17) is 15.3 Å². The highest BCUT2D eigenvalue weighted by Gasteiger charge is 2.51. The number of halogens is 1. The molecule has 1 aliphatic rings. The van der Waals surface area contributed by atoms with Gasteiger partial charge in [-0.15, -0.1) is 0 Å². The van der Waals surface area contributed by atoms with Gasteiger partial charge in [-0.1, -0.05) is 0 Å². The van der Waals surface area contributed by atoms with Crippen LogP contribution in [0.3, 0.4) is 0 Å². The van der Waals surface area contributed by atoms with Gasteiger partial charge in [0.25, 0.3) is 0 Å². The minimum atomic E-state index is -2.37. The second-order valence-electron chi connectivity index (χ2n) is 4.03. The van der Waals surface area contributed by atoms with Crippen molar-refractivity contribution in [2.24, 2.45) is 0 Å². The van der Waals surface area contributed by atoms with Crippen molar-refractivity contribution in [2.45, 2.75) is 42.8 Å². The Balaban J connectivity index is 2.88. The fourth-order valence-corrected chi connectivity index (χ4v) is 1.69. The molecule has 1 fully saturated rings. The molecule has 0 saturated carbocycles. The third kappa shape index (κ3) is 2.76. The number of carbonyl (C=O) groups is 1. The topological polar surface area (TPSA) is 148 Å². The summed E-state index contributed by atoms with van der Waals surface area (Å²) in [4.78, 5) is 10.7. The van der Waals surface area contributed by atoms with Gasteiger partial charge in [-0.25, -0.2) is 9.18 Å². The first-order valence-electron chi connectivity index (χ1n) is 5.16. The van der Waals surface area contributed by atoms with Gasteiger partial charge in [-0.2, -0.15) is 0 Å². The van der Waals surface area contributed by atoms with Crippen molar-refractivity contribution in [1.29, 1.82) is 0 Å². The summed E-state index contributed by atoms with van der Waals surface area (Å²) in [6.45, 7) is -0.874. The van der Waals surface area contributed by atoms with Gasteiger partial charge in [0.15, 0.2) is 12.3 Å². The van der Waals surface area contributed by atoms with Crippen molar-refractivity contribution in [3.05, 3.63) is 0 Å². The van der Waals surface area contributed by atoms with Gasteiger partial charge >= 0.3 is 5.97 Å². The molecule has 0 radical (unpaired) electrons. The van der Waals surface area contributed by atoms with Crippen molar-refractivity contribution in [3.8, 4) is 0 Å². The summed E-state index contributed by atoms with van der Waals surface area (Å²) in [6.07, 6.45) is -13.8. The lowest BCUT2D eigenvalue weighted by Crippen LogP contribution is -2.63. The maximum atomic E-state index is 13.4. The van der Waals surface area contributed by atoms with Gasteiger partial charge in [-0.3, -0.25) is 0 Å². The first-order valence-corrected chi connectivity index (χ1v) is 5.16. The van der Waals surface area contributed by atoms with Gasteiger partial charge in [0.1, 0.15) is 30.5 Å². The highest BCUT2D eigenvalue weighted by molar-refractivity contribution is 5.73. The van der Waals surface area contributed by atoms with E-state index in [1.54, 1.807) is 0 Å². The van der Waals surface area contributed by atoms with Gasteiger partial charge in [0.2, 0.25) is 0 Å². The van der Waals surface area contributed by atoms with Crippen molar-refractivity contribution < 1.29 is 44.6 Å². The summed E-state index contributed by atoms with van der Waals surface area (Å²) < 4.78 is 18.0. The molecule has 8 nitrogen and oxygen atoms in total. The Hall–Kier alpha value is -0.840. The number of ether oxygens (including phenoxy) is 1. The predicted molar refractivity (Wildman–Crippen MR) is 52.3 cm³/mol. The van der Waals surface area contributed by atoms with Gasteiger partial charge < -0.3 is 35.4 Å². The lowest BCUT2D eigenvalue weighted by molar-refractivity contribution is -0.242. The number of aliphatic hydroxyl groups excluding tert-OH is 5. The number of hydrogen-bond acceptors (Lipinski definition) is 7. The van der Waals surface area contributed by atoms with Gasteiger partial charge in [0, 0.05) is 0 Å². The van der Waals surface area contributed by atoms with E-state index in [-0.39, 0.29) is 0 Å². The Morgan fingerprint density at radius 3 is 2.28 bits per heavy atom. The van der Waals surface area contributed by atoms with Crippen LogP contribution in [0.1, 0.15) is 0 Å². The van der Waals surface area contributed by atoms with E-state index in [2.05, 4.69) is 4.74 Å². The molecule has 0 amide bonds. The lowest BCUT2D eigenvalue weighted by Gasteiger charge is -2.40. The van der Waals surface area contributed by atoms with E-state index in [1.165, 1.54) is 0 Å².